The van der Waals surface area contributed by atoms with Crippen LogP contribution in [0.15, 0.2) is 23.2 Å². The van der Waals surface area contributed by atoms with Crippen molar-refractivity contribution in [3.8, 4) is 0 Å². The molecule has 0 spiro atoms. The van der Waals surface area contributed by atoms with Crippen LogP contribution in [0.2, 0.25) is 0 Å². The topological polar surface area (TPSA) is 106 Å². The standard InChI is InChI=1S/C11H18N4O3S/c12-15-11-10(4-1-5-13-11)19(16,17)14-7-9-3-2-6-18-8-9/h1,4-5,9,14H,2-3,6-8,12H2,(H,13,15). The normalized spacial score (nSPS) is 20.2. The Hall–Kier alpha value is -1.22. The number of hydrogen-bond donors (Lipinski definition) is 3. The summed E-state index contributed by atoms with van der Waals surface area (Å²) >= 11 is 0. The van der Waals surface area contributed by atoms with Crippen LogP contribution < -0.4 is 16.0 Å². The summed E-state index contributed by atoms with van der Waals surface area (Å²) in [4.78, 5) is 3.93. The number of hydrazine groups is 1. The van der Waals surface area contributed by atoms with Gasteiger partial charge in [-0.1, -0.05) is 0 Å². The van der Waals surface area contributed by atoms with Crippen LogP contribution in [0.1, 0.15) is 12.8 Å². The van der Waals surface area contributed by atoms with E-state index in [1.807, 2.05) is 0 Å². The van der Waals surface area contributed by atoms with Gasteiger partial charge in [-0.2, -0.15) is 0 Å². The first-order valence-corrected chi connectivity index (χ1v) is 7.61. The SMILES string of the molecule is NNc1ncccc1S(=O)(=O)NCC1CCCOC1. The van der Waals surface area contributed by atoms with Crippen molar-refractivity contribution in [2.75, 3.05) is 25.2 Å². The summed E-state index contributed by atoms with van der Waals surface area (Å²) < 4.78 is 32.2. The van der Waals surface area contributed by atoms with Gasteiger partial charge in [0.2, 0.25) is 10.0 Å². The molecule has 4 N–H and O–H groups in total. The third-order valence-electron chi connectivity index (χ3n) is 3.01. The van der Waals surface area contributed by atoms with Gasteiger partial charge in [0, 0.05) is 19.3 Å². The van der Waals surface area contributed by atoms with Crippen molar-refractivity contribution in [2.45, 2.75) is 17.7 Å². The molecule has 0 bridgehead atoms. The number of anilines is 1. The van der Waals surface area contributed by atoms with E-state index in [4.69, 9.17) is 10.6 Å². The molecule has 2 rings (SSSR count). The van der Waals surface area contributed by atoms with Crippen LogP contribution in [0, 0.1) is 5.92 Å². The lowest BCUT2D eigenvalue weighted by Crippen LogP contribution is -2.33. The molecule has 2 heterocycles. The van der Waals surface area contributed by atoms with Gasteiger partial charge in [0.05, 0.1) is 6.61 Å². The Labute approximate surface area is 112 Å². The van der Waals surface area contributed by atoms with E-state index in [9.17, 15) is 8.42 Å². The summed E-state index contributed by atoms with van der Waals surface area (Å²) in [6.45, 7) is 1.71. The second-order valence-corrected chi connectivity index (χ2v) is 6.16. The van der Waals surface area contributed by atoms with Crippen LogP contribution in [0.25, 0.3) is 0 Å². The fourth-order valence-electron chi connectivity index (χ4n) is 1.99. The number of ether oxygens (including phenoxy) is 1. The van der Waals surface area contributed by atoms with Gasteiger partial charge >= 0.3 is 0 Å². The summed E-state index contributed by atoms with van der Waals surface area (Å²) in [7, 11) is -3.61. The van der Waals surface area contributed by atoms with E-state index in [1.165, 1.54) is 12.3 Å². The number of sulfonamides is 1. The third-order valence-corrected chi connectivity index (χ3v) is 4.47. The number of nitrogens with two attached hydrogens (primary N) is 1. The van der Waals surface area contributed by atoms with Gasteiger partial charge < -0.3 is 10.2 Å². The predicted octanol–water partition coefficient (Wildman–Crippen LogP) is 0.0721. The monoisotopic (exact) mass is 286 g/mol. The van der Waals surface area contributed by atoms with Gasteiger partial charge in [-0.3, -0.25) is 0 Å². The Morgan fingerprint density at radius 1 is 1.53 bits per heavy atom. The fourth-order valence-corrected chi connectivity index (χ4v) is 3.22. The molecule has 0 amide bonds. The van der Waals surface area contributed by atoms with Crippen molar-refractivity contribution in [3.63, 3.8) is 0 Å². The van der Waals surface area contributed by atoms with Gasteiger partial charge in [0.1, 0.15) is 4.90 Å². The number of nitrogen functional groups attached to an aromatic ring is 1. The lowest BCUT2D eigenvalue weighted by Gasteiger charge is -2.22. The molecule has 0 aromatic carbocycles. The Bertz CT molecular complexity index is 514. The zero-order valence-electron chi connectivity index (χ0n) is 10.5. The quantitative estimate of drug-likeness (QED) is 0.522. The van der Waals surface area contributed by atoms with Crippen molar-refractivity contribution in [3.05, 3.63) is 18.3 Å². The number of nitrogens with zero attached hydrogens (tertiary/aromatic N) is 1. The largest absolute Gasteiger partial charge is 0.381 e. The molecule has 0 saturated carbocycles. The summed E-state index contributed by atoms with van der Waals surface area (Å²) in [6, 6.07) is 3.01. The molecular formula is C11H18N4O3S. The molecule has 1 aliphatic rings. The molecule has 0 radical (unpaired) electrons. The maximum atomic E-state index is 12.2. The second-order valence-electron chi connectivity index (χ2n) is 4.43. The van der Waals surface area contributed by atoms with E-state index < -0.39 is 10.0 Å². The van der Waals surface area contributed by atoms with Gasteiger partial charge in [-0.05, 0) is 30.9 Å². The van der Waals surface area contributed by atoms with E-state index >= 15 is 0 Å². The molecule has 1 aliphatic heterocycles. The molecule has 1 unspecified atom stereocenters. The predicted molar refractivity (Wildman–Crippen MR) is 70.8 cm³/mol. The van der Waals surface area contributed by atoms with Crippen LogP contribution in [0.5, 0.6) is 0 Å². The third kappa shape index (κ3) is 3.63. The molecule has 1 aromatic heterocycles. The van der Waals surface area contributed by atoms with Gasteiger partial charge in [-0.15, -0.1) is 0 Å². The first kappa shape index (κ1) is 14.2. The van der Waals surface area contributed by atoms with Gasteiger partial charge in [0.25, 0.3) is 0 Å². The molecule has 1 aromatic rings. The van der Waals surface area contributed by atoms with Gasteiger partial charge in [-0.25, -0.2) is 24.0 Å². The summed E-state index contributed by atoms with van der Waals surface area (Å²) in [6.07, 6.45) is 3.41. The second kappa shape index (κ2) is 6.29. The first-order chi connectivity index (χ1) is 9.13. The van der Waals surface area contributed by atoms with E-state index in [-0.39, 0.29) is 16.6 Å². The summed E-state index contributed by atoms with van der Waals surface area (Å²) in [5.74, 6) is 5.61. The Morgan fingerprint density at radius 2 is 2.37 bits per heavy atom. The molecule has 7 nitrogen and oxygen atoms in total. The van der Waals surface area contributed by atoms with Crippen molar-refractivity contribution in [2.24, 2.45) is 11.8 Å². The summed E-state index contributed by atoms with van der Waals surface area (Å²) in [5, 5.41) is 0. The van der Waals surface area contributed by atoms with Crippen LogP contribution >= 0.6 is 0 Å². The number of pyridine rings is 1. The number of aromatic nitrogens is 1. The minimum Gasteiger partial charge on any atom is -0.381 e. The average molecular weight is 286 g/mol. The highest BCUT2D eigenvalue weighted by Crippen LogP contribution is 2.18. The molecule has 106 valence electrons. The summed E-state index contributed by atoms with van der Waals surface area (Å²) in [5.41, 5.74) is 2.28. The first-order valence-electron chi connectivity index (χ1n) is 6.12. The van der Waals surface area contributed by atoms with Gasteiger partial charge in [0.15, 0.2) is 5.82 Å². The Kier molecular flexibility index (Phi) is 4.70. The maximum Gasteiger partial charge on any atom is 0.244 e. The fraction of sp³-hybridized carbons (Fsp3) is 0.545. The lowest BCUT2D eigenvalue weighted by atomic mass is 10.0. The number of nitrogens with one attached hydrogen (secondary N) is 2. The Morgan fingerprint density at radius 3 is 3.05 bits per heavy atom. The maximum absolute atomic E-state index is 12.2. The molecule has 1 atom stereocenters. The number of rotatable bonds is 5. The molecular weight excluding hydrogens is 268 g/mol. The van der Waals surface area contributed by atoms with Crippen molar-refractivity contribution < 1.29 is 13.2 Å². The van der Waals surface area contributed by atoms with Crippen molar-refractivity contribution in [1.29, 1.82) is 0 Å². The van der Waals surface area contributed by atoms with Crippen molar-refractivity contribution >= 4 is 15.8 Å². The highest BCUT2D eigenvalue weighted by atomic mass is 32.2. The lowest BCUT2D eigenvalue weighted by molar-refractivity contribution is 0.0568. The minimum absolute atomic E-state index is 0.0502. The van der Waals surface area contributed by atoms with E-state index in [0.717, 1.165) is 19.4 Å². The van der Waals surface area contributed by atoms with Crippen molar-refractivity contribution in [1.82, 2.24) is 9.71 Å². The Balaban J connectivity index is 2.05. The molecule has 1 fully saturated rings. The van der Waals surface area contributed by atoms with Crippen LogP contribution in [-0.4, -0.2) is 33.2 Å². The van der Waals surface area contributed by atoms with Crippen LogP contribution in [-0.2, 0) is 14.8 Å². The number of hydrogen-bond acceptors (Lipinski definition) is 6. The molecule has 8 heteroatoms. The van der Waals surface area contributed by atoms with Crippen LogP contribution in [0.3, 0.4) is 0 Å². The zero-order chi connectivity index (χ0) is 13.7. The highest BCUT2D eigenvalue weighted by molar-refractivity contribution is 7.89. The molecule has 0 aliphatic carbocycles. The molecule has 1 saturated heterocycles. The molecule has 19 heavy (non-hydrogen) atoms. The van der Waals surface area contributed by atoms with E-state index in [1.54, 1.807) is 6.07 Å². The zero-order valence-corrected chi connectivity index (χ0v) is 11.3. The van der Waals surface area contributed by atoms with E-state index in [2.05, 4.69) is 15.1 Å². The minimum atomic E-state index is -3.61. The smallest absolute Gasteiger partial charge is 0.244 e. The van der Waals surface area contributed by atoms with Crippen LogP contribution in [0.4, 0.5) is 5.82 Å². The van der Waals surface area contributed by atoms with E-state index in [0.29, 0.717) is 13.2 Å². The highest BCUT2D eigenvalue weighted by Gasteiger charge is 2.21. The average Bonchev–Trinajstić information content (AvgIpc) is 2.46.